The normalized spacial score (nSPS) is 11.9. The van der Waals surface area contributed by atoms with Crippen LogP contribution in [0.3, 0.4) is 0 Å². The van der Waals surface area contributed by atoms with Crippen molar-refractivity contribution < 1.29 is 0 Å². The molecule has 0 unspecified atom stereocenters. The second-order valence-corrected chi connectivity index (χ2v) is 12.5. The van der Waals surface area contributed by atoms with E-state index in [1.165, 1.54) is 98.7 Å². The van der Waals surface area contributed by atoms with Gasteiger partial charge in [-0.2, -0.15) is 0 Å². The van der Waals surface area contributed by atoms with Gasteiger partial charge in [-0.3, -0.25) is 0 Å². The Morgan fingerprint density at radius 3 is 1.50 bits per heavy atom. The molecule has 0 radical (unpaired) electrons. The molecule has 212 valence electrons. The van der Waals surface area contributed by atoms with Crippen LogP contribution in [0, 0.1) is 0 Å². The van der Waals surface area contributed by atoms with Gasteiger partial charge in [0.2, 0.25) is 0 Å². The highest BCUT2D eigenvalue weighted by Crippen LogP contribution is 2.49. The molecule has 0 spiro atoms. The van der Waals surface area contributed by atoms with E-state index in [9.17, 15) is 0 Å². The molecular formula is C46H28. The van der Waals surface area contributed by atoms with Crippen molar-refractivity contribution in [1.82, 2.24) is 0 Å². The number of hydrogen-bond donors (Lipinski definition) is 0. The van der Waals surface area contributed by atoms with Gasteiger partial charge in [0.1, 0.15) is 0 Å². The summed E-state index contributed by atoms with van der Waals surface area (Å²) in [6.07, 6.45) is 0. The molecule has 0 bridgehead atoms. The first-order valence-electron chi connectivity index (χ1n) is 16.0. The maximum atomic E-state index is 2.40. The average Bonchev–Trinajstić information content (AvgIpc) is 3.45. The Morgan fingerprint density at radius 1 is 0.217 bits per heavy atom. The predicted octanol–water partition coefficient (Wildman–Crippen LogP) is 12.9. The molecule has 0 nitrogen and oxygen atoms in total. The van der Waals surface area contributed by atoms with E-state index in [0.717, 1.165) is 0 Å². The van der Waals surface area contributed by atoms with Gasteiger partial charge in [-0.1, -0.05) is 140 Å². The molecule has 0 saturated carbocycles. The van der Waals surface area contributed by atoms with Crippen LogP contribution in [0.25, 0.3) is 98.7 Å². The third kappa shape index (κ3) is 3.81. The first-order chi connectivity index (χ1) is 22.8. The van der Waals surface area contributed by atoms with Gasteiger partial charge in [-0.15, -0.1) is 0 Å². The van der Waals surface area contributed by atoms with E-state index in [4.69, 9.17) is 0 Å². The molecule has 0 aromatic heterocycles. The number of rotatable bonds is 3. The summed E-state index contributed by atoms with van der Waals surface area (Å²) >= 11 is 0. The van der Waals surface area contributed by atoms with Crippen LogP contribution in [0.4, 0.5) is 0 Å². The zero-order valence-corrected chi connectivity index (χ0v) is 25.2. The monoisotopic (exact) mass is 580 g/mol. The second-order valence-electron chi connectivity index (χ2n) is 12.5. The Kier molecular flexibility index (Phi) is 5.38. The summed E-state index contributed by atoms with van der Waals surface area (Å²) in [5, 5.41) is 10.3. The molecule has 1 aliphatic rings. The summed E-state index contributed by atoms with van der Waals surface area (Å²) in [5.41, 5.74) is 12.9. The molecule has 0 heteroatoms. The lowest BCUT2D eigenvalue weighted by atomic mass is 9.89. The maximum absolute atomic E-state index is 2.40. The summed E-state index contributed by atoms with van der Waals surface area (Å²) in [7, 11) is 0. The fourth-order valence-corrected chi connectivity index (χ4v) is 7.73. The van der Waals surface area contributed by atoms with Crippen LogP contribution < -0.4 is 0 Å². The predicted molar refractivity (Wildman–Crippen MR) is 197 cm³/mol. The Balaban J connectivity index is 1.12. The summed E-state index contributed by atoms with van der Waals surface area (Å²) < 4.78 is 0. The van der Waals surface area contributed by atoms with Gasteiger partial charge < -0.3 is 0 Å². The summed E-state index contributed by atoms with van der Waals surface area (Å²) in [5.74, 6) is 0. The largest absolute Gasteiger partial charge is 0.0616 e. The highest BCUT2D eigenvalue weighted by molar-refractivity contribution is 6.19. The Morgan fingerprint density at radius 2 is 0.717 bits per heavy atom. The van der Waals surface area contributed by atoms with Crippen molar-refractivity contribution in [3.8, 4) is 55.6 Å². The minimum absolute atomic E-state index is 1.24. The van der Waals surface area contributed by atoms with Crippen LogP contribution in [0.2, 0.25) is 0 Å². The average molecular weight is 581 g/mol. The van der Waals surface area contributed by atoms with Gasteiger partial charge in [0.05, 0.1) is 0 Å². The minimum atomic E-state index is 1.24. The molecule has 0 heterocycles. The standard InChI is InChI=1S/C46H28/c1-2-9-30-24-31(17-16-29(30)8-1)32-18-19-34-26-36(21-20-33(34)25-32)45-28-37(27-35-10-3-4-11-38(35)45)39-22-23-44-41-13-6-5-12-40(41)43-15-7-14-42(39)46(43)44/h1-28H. The molecule has 46 heavy (non-hydrogen) atoms. The van der Waals surface area contributed by atoms with Gasteiger partial charge in [0.25, 0.3) is 0 Å². The first kappa shape index (κ1) is 25.4. The maximum Gasteiger partial charge on any atom is -0.00201 e. The van der Waals surface area contributed by atoms with Crippen molar-refractivity contribution in [1.29, 1.82) is 0 Å². The van der Waals surface area contributed by atoms with Crippen LogP contribution in [0.5, 0.6) is 0 Å². The molecule has 0 aliphatic heterocycles. The Labute approximate surface area is 267 Å². The van der Waals surface area contributed by atoms with E-state index < -0.39 is 0 Å². The van der Waals surface area contributed by atoms with Crippen LogP contribution in [0.15, 0.2) is 170 Å². The van der Waals surface area contributed by atoms with Crippen molar-refractivity contribution in [2.24, 2.45) is 0 Å². The molecule has 0 saturated heterocycles. The van der Waals surface area contributed by atoms with Crippen LogP contribution >= 0.6 is 0 Å². The molecule has 0 atom stereocenters. The smallest absolute Gasteiger partial charge is 0.00201 e. The van der Waals surface area contributed by atoms with Crippen molar-refractivity contribution in [2.75, 3.05) is 0 Å². The van der Waals surface area contributed by atoms with Crippen LogP contribution in [-0.4, -0.2) is 0 Å². The zero-order valence-electron chi connectivity index (χ0n) is 25.2. The third-order valence-corrected chi connectivity index (χ3v) is 9.95. The van der Waals surface area contributed by atoms with Crippen molar-refractivity contribution in [3.05, 3.63) is 170 Å². The molecular weight excluding hydrogens is 553 g/mol. The number of hydrogen-bond acceptors (Lipinski definition) is 0. The van der Waals surface area contributed by atoms with E-state index in [0.29, 0.717) is 0 Å². The molecule has 9 aromatic carbocycles. The van der Waals surface area contributed by atoms with E-state index in [1.54, 1.807) is 0 Å². The molecule has 10 rings (SSSR count). The quantitative estimate of drug-likeness (QED) is 0.195. The molecule has 0 amide bonds. The van der Waals surface area contributed by atoms with E-state index in [1.807, 2.05) is 0 Å². The number of fused-ring (bicyclic) bond motifs is 6. The van der Waals surface area contributed by atoms with Crippen molar-refractivity contribution >= 4 is 43.1 Å². The highest BCUT2D eigenvalue weighted by atomic mass is 14.3. The van der Waals surface area contributed by atoms with Crippen LogP contribution in [-0.2, 0) is 0 Å². The lowest BCUT2D eigenvalue weighted by Gasteiger charge is -2.15. The lowest BCUT2D eigenvalue weighted by molar-refractivity contribution is 1.64. The summed E-state index contributed by atoms with van der Waals surface area (Å²) in [6.45, 7) is 0. The van der Waals surface area contributed by atoms with E-state index >= 15 is 0 Å². The molecule has 9 aromatic rings. The van der Waals surface area contributed by atoms with Gasteiger partial charge >= 0.3 is 0 Å². The third-order valence-electron chi connectivity index (χ3n) is 9.95. The van der Waals surface area contributed by atoms with Crippen molar-refractivity contribution in [3.63, 3.8) is 0 Å². The SMILES string of the molecule is c1ccc2c(c1)-c1cccc3c(-c4cc(-c5ccc6cc(-c7ccc8ccccc8c7)ccc6c5)c5ccccc5c4)ccc-2c13. The highest BCUT2D eigenvalue weighted by Gasteiger charge is 2.22. The first-order valence-corrected chi connectivity index (χ1v) is 16.0. The molecule has 1 aliphatic carbocycles. The second kappa shape index (κ2) is 9.76. The summed E-state index contributed by atoms with van der Waals surface area (Å²) in [6, 6.07) is 62.9. The fourth-order valence-electron chi connectivity index (χ4n) is 7.73. The zero-order chi connectivity index (χ0) is 30.2. The van der Waals surface area contributed by atoms with Gasteiger partial charge in [-0.25, -0.2) is 0 Å². The topological polar surface area (TPSA) is 0 Å². The minimum Gasteiger partial charge on any atom is -0.0616 e. The van der Waals surface area contributed by atoms with Crippen LogP contribution in [0.1, 0.15) is 0 Å². The molecule has 0 N–H and O–H groups in total. The van der Waals surface area contributed by atoms with E-state index in [2.05, 4.69) is 170 Å². The Bertz CT molecular complexity index is 2660. The summed E-state index contributed by atoms with van der Waals surface area (Å²) in [4.78, 5) is 0. The lowest BCUT2D eigenvalue weighted by Crippen LogP contribution is -1.88. The Hall–Kier alpha value is -5.98. The fraction of sp³-hybridized carbons (Fsp3) is 0. The van der Waals surface area contributed by atoms with E-state index in [-0.39, 0.29) is 0 Å². The van der Waals surface area contributed by atoms with Crippen molar-refractivity contribution in [2.45, 2.75) is 0 Å². The number of benzene rings is 9. The van der Waals surface area contributed by atoms with Gasteiger partial charge in [-0.05, 0) is 129 Å². The van der Waals surface area contributed by atoms with Gasteiger partial charge in [0, 0.05) is 0 Å². The van der Waals surface area contributed by atoms with Gasteiger partial charge in [0.15, 0.2) is 0 Å². The molecule has 0 fully saturated rings.